The van der Waals surface area contributed by atoms with E-state index in [2.05, 4.69) is 93.7 Å². The number of ether oxygens (including phenoxy) is 5. The average molecular weight is 999 g/mol. The summed E-state index contributed by atoms with van der Waals surface area (Å²) in [7, 11) is 0. The van der Waals surface area contributed by atoms with Crippen LogP contribution in [0.4, 0.5) is 0 Å². The number of carboxylic acid groups (broad SMARTS) is 1. The van der Waals surface area contributed by atoms with E-state index in [0.29, 0.717) is 19.3 Å². The molecule has 1 aliphatic heterocycles. The number of carbonyl (C=O) groups excluding carboxylic acids is 3. The van der Waals surface area contributed by atoms with Crippen LogP contribution in [0.2, 0.25) is 0 Å². The third kappa shape index (κ3) is 37.6. The lowest BCUT2D eigenvalue weighted by Gasteiger charge is -2.40. The molecule has 3 N–H and O–H groups in total. The predicted octanol–water partition coefficient (Wildman–Crippen LogP) is 13.8. The summed E-state index contributed by atoms with van der Waals surface area (Å²) in [5.74, 6) is -3.17. The highest BCUT2D eigenvalue weighted by Gasteiger charge is 2.50. The quantitative estimate of drug-likeness (QED) is 0.0228. The second kappa shape index (κ2) is 47.2. The van der Waals surface area contributed by atoms with E-state index < -0.39 is 67.3 Å². The zero-order chi connectivity index (χ0) is 51.8. The first-order valence-corrected chi connectivity index (χ1v) is 27.9. The molecule has 0 spiro atoms. The van der Waals surface area contributed by atoms with Crippen LogP contribution in [0, 0.1) is 0 Å². The SMILES string of the molecule is CC/C=C\C/C=C\C/C=C\CCCCCCCC(=O)OCC(COC1OC(C(=O)O)C(O)C(O)C1OC(=O)CCCCCCC/C=C\C/C=C\CCCCC)OC(=O)CCCCCCC/C=C\CCCC. The van der Waals surface area contributed by atoms with E-state index in [1.54, 1.807) is 0 Å². The summed E-state index contributed by atoms with van der Waals surface area (Å²) in [5.41, 5.74) is 0. The number of hydrogen-bond acceptors (Lipinski definition) is 11. The summed E-state index contributed by atoms with van der Waals surface area (Å²) in [6.07, 6.45) is 45.9. The first kappa shape index (κ1) is 65.2. The van der Waals surface area contributed by atoms with Gasteiger partial charge in [0, 0.05) is 19.3 Å². The topological polar surface area (TPSA) is 175 Å². The zero-order valence-corrected chi connectivity index (χ0v) is 44.4. The maximum absolute atomic E-state index is 13.1. The van der Waals surface area contributed by atoms with Crippen molar-refractivity contribution in [3.05, 3.63) is 72.9 Å². The minimum Gasteiger partial charge on any atom is -0.479 e. The molecule has 1 saturated heterocycles. The number of rotatable bonds is 46. The molecule has 0 radical (unpaired) electrons. The van der Waals surface area contributed by atoms with Crippen molar-refractivity contribution < 1.29 is 58.2 Å². The first-order valence-electron chi connectivity index (χ1n) is 27.9. The summed E-state index contributed by atoms with van der Waals surface area (Å²) >= 11 is 0. The first-order chi connectivity index (χ1) is 34.6. The van der Waals surface area contributed by atoms with E-state index >= 15 is 0 Å². The van der Waals surface area contributed by atoms with Crippen LogP contribution in [0.3, 0.4) is 0 Å². The number of esters is 3. The van der Waals surface area contributed by atoms with E-state index in [9.17, 15) is 34.5 Å². The number of carbonyl (C=O) groups is 4. The van der Waals surface area contributed by atoms with Crippen LogP contribution in [0.5, 0.6) is 0 Å². The van der Waals surface area contributed by atoms with Crippen LogP contribution >= 0.6 is 0 Å². The summed E-state index contributed by atoms with van der Waals surface area (Å²) in [6.45, 7) is 5.77. The molecule has 6 unspecified atom stereocenters. The molecule has 0 bridgehead atoms. The van der Waals surface area contributed by atoms with E-state index in [1.807, 2.05) is 0 Å². The summed E-state index contributed by atoms with van der Waals surface area (Å²) in [4.78, 5) is 50.9. The van der Waals surface area contributed by atoms with Crippen molar-refractivity contribution in [2.75, 3.05) is 13.2 Å². The fourth-order valence-corrected chi connectivity index (χ4v) is 7.92. The Morgan fingerprint density at radius 2 is 0.901 bits per heavy atom. The number of aliphatic hydroxyl groups is 2. The van der Waals surface area contributed by atoms with Gasteiger partial charge in [-0.15, -0.1) is 0 Å². The second-order valence-corrected chi connectivity index (χ2v) is 18.8. The highest BCUT2D eigenvalue weighted by atomic mass is 16.7. The van der Waals surface area contributed by atoms with Crippen LogP contribution < -0.4 is 0 Å². The molecule has 0 amide bonds. The molecule has 1 rings (SSSR count). The van der Waals surface area contributed by atoms with Gasteiger partial charge < -0.3 is 39.0 Å². The van der Waals surface area contributed by atoms with Gasteiger partial charge in [-0.2, -0.15) is 0 Å². The van der Waals surface area contributed by atoms with Crippen molar-refractivity contribution in [2.45, 2.75) is 263 Å². The molecule has 12 heteroatoms. The van der Waals surface area contributed by atoms with Gasteiger partial charge >= 0.3 is 23.9 Å². The number of aliphatic hydroxyl groups excluding tert-OH is 2. The summed E-state index contributed by atoms with van der Waals surface area (Å²) in [5, 5.41) is 31.4. The Kier molecular flexibility index (Phi) is 43.3. The number of hydrogen-bond donors (Lipinski definition) is 3. The summed E-state index contributed by atoms with van der Waals surface area (Å²) < 4.78 is 28.3. The molecule has 1 heterocycles. The minimum absolute atomic E-state index is 0.0400. The van der Waals surface area contributed by atoms with Crippen molar-refractivity contribution in [3.63, 3.8) is 0 Å². The lowest BCUT2D eigenvalue weighted by Crippen LogP contribution is -2.61. The largest absolute Gasteiger partial charge is 0.479 e. The fourth-order valence-electron chi connectivity index (χ4n) is 7.92. The smallest absolute Gasteiger partial charge is 0.335 e. The van der Waals surface area contributed by atoms with E-state index in [-0.39, 0.29) is 25.9 Å². The van der Waals surface area contributed by atoms with Crippen molar-refractivity contribution in [2.24, 2.45) is 0 Å². The van der Waals surface area contributed by atoms with Gasteiger partial charge in [-0.1, -0.05) is 177 Å². The Hall–Kier alpha value is -3.84. The Morgan fingerprint density at radius 1 is 0.479 bits per heavy atom. The Labute approximate surface area is 429 Å². The molecule has 0 aromatic rings. The van der Waals surface area contributed by atoms with Crippen LogP contribution in [0.25, 0.3) is 0 Å². The number of carboxylic acids is 1. The van der Waals surface area contributed by atoms with E-state index in [4.69, 9.17) is 23.7 Å². The van der Waals surface area contributed by atoms with Crippen LogP contribution in [0.1, 0.15) is 226 Å². The monoisotopic (exact) mass is 999 g/mol. The van der Waals surface area contributed by atoms with Gasteiger partial charge in [-0.05, 0) is 103 Å². The molecule has 71 heavy (non-hydrogen) atoms. The third-order valence-corrected chi connectivity index (χ3v) is 12.2. The molecule has 0 aromatic carbocycles. The molecular formula is C59H98O12. The van der Waals surface area contributed by atoms with Gasteiger partial charge in [0.1, 0.15) is 18.8 Å². The van der Waals surface area contributed by atoms with E-state index in [0.717, 1.165) is 135 Å². The molecule has 0 aliphatic carbocycles. The van der Waals surface area contributed by atoms with Gasteiger partial charge in [-0.25, -0.2) is 4.79 Å². The lowest BCUT2D eigenvalue weighted by molar-refractivity contribution is -0.301. The van der Waals surface area contributed by atoms with Gasteiger partial charge in [0.2, 0.25) is 0 Å². The number of allylic oxidation sites excluding steroid dienone is 12. The maximum atomic E-state index is 13.1. The Bertz CT molecular complexity index is 1510. The zero-order valence-electron chi connectivity index (χ0n) is 44.4. The number of unbranched alkanes of at least 4 members (excludes halogenated alkanes) is 20. The molecule has 12 nitrogen and oxygen atoms in total. The van der Waals surface area contributed by atoms with Crippen LogP contribution in [0.15, 0.2) is 72.9 Å². The Morgan fingerprint density at radius 3 is 1.41 bits per heavy atom. The number of aliphatic carboxylic acids is 1. The fraction of sp³-hybridized carbons (Fsp3) is 0.729. The van der Waals surface area contributed by atoms with Crippen molar-refractivity contribution in [1.82, 2.24) is 0 Å². The minimum atomic E-state index is -1.91. The third-order valence-electron chi connectivity index (χ3n) is 12.2. The van der Waals surface area contributed by atoms with Gasteiger partial charge in [0.25, 0.3) is 0 Å². The average Bonchev–Trinajstić information content (AvgIpc) is 3.35. The van der Waals surface area contributed by atoms with Crippen molar-refractivity contribution >= 4 is 23.9 Å². The van der Waals surface area contributed by atoms with E-state index in [1.165, 1.54) is 32.1 Å². The molecule has 6 atom stereocenters. The maximum Gasteiger partial charge on any atom is 0.335 e. The molecule has 0 saturated carbocycles. The lowest BCUT2D eigenvalue weighted by atomic mass is 9.98. The summed E-state index contributed by atoms with van der Waals surface area (Å²) in [6, 6.07) is 0. The second-order valence-electron chi connectivity index (χ2n) is 18.8. The van der Waals surface area contributed by atoms with Gasteiger partial charge in [-0.3, -0.25) is 14.4 Å². The molecular weight excluding hydrogens is 901 g/mol. The molecule has 406 valence electrons. The van der Waals surface area contributed by atoms with Crippen molar-refractivity contribution in [1.29, 1.82) is 0 Å². The van der Waals surface area contributed by atoms with Crippen molar-refractivity contribution in [3.8, 4) is 0 Å². The predicted molar refractivity (Wildman–Crippen MR) is 285 cm³/mol. The molecule has 0 aromatic heterocycles. The van der Waals surface area contributed by atoms with Gasteiger partial charge in [0.15, 0.2) is 24.6 Å². The normalized spacial score (nSPS) is 19.0. The highest BCUT2D eigenvalue weighted by Crippen LogP contribution is 2.26. The van der Waals surface area contributed by atoms with Crippen LogP contribution in [-0.4, -0.2) is 89.2 Å². The molecule has 1 aliphatic rings. The Balaban J connectivity index is 2.72. The highest BCUT2D eigenvalue weighted by molar-refractivity contribution is 5.74. The van der Waals surface area contributed by atoms with Crippen LogP contribution in [-0.2, 0) is 42.9 Å². The standard InChI is InChI=1S/C59H98O12/c1-4-7-10-13-16-19-22-24-26-28-31-33-36-39-42-45-51(60)67-48-50(69-52(61)46-43-40-37-34-30-21-18-15-12-9-6-3)49-68-59-57(55(64)54(63)56(71-59)58(65)66)70-53(62)47-44-41-38-35-32-29-27-25-23-20-17-14-11-8-5-2/h7,10,15-20,24-27,50,54-57,59,63-64H,4-6,8-9,11-14,21-23,28-49H2,1-3H3,(H,65,66)/b10-7-,18-15-,19-16-,20-17-,26-24-,27-25-. The molecule has 1 fully saturated rings. The van der Waals surface area contributed by atoms with Gasteiger partial charge in [0.05, 0.1) is 6.61 Å².